The number of hydrogen-bond acceptors (Lipinski definition) is 4. The number of aromatic hydroxyl groups is 1. The van der Waals surface area contributed by atoms with E-state index in [4.69, 9.17) is 17.0 Å². The highest BCUT2D eigenvalue weighted by atomic mass is 32.1. The summed E-state index contributed by atoms with van der Waals surface area (Å²) in [4.78, 5) is 12.4. The van der Waals surface area contributed by atoms with Crippen LogP contribution in [0.4, 0.5) is 5.69 Å². The summed E-state index contributed by atoms with van der Waals surface area (Å²) in [5.41, 5.74) is 1.00. The quantitative estimate of drug-likeness (QED) is 0.724. The fourth-order valence-corrected chi connectivity index (χ4v) is 2.16. The van der Waals surface area contributed by atoms with Crippen LogP contribution in [0.25, 0.3) is 0 Å². The molecule has 0 unspecified atom stereocenters. The van der Waals surface area contributed by atoms with Gasteiger partial charge in [-0.25, -0.2) is 0 Å². The Bertz CT molecular complexity index is 732. The van der Waals surface area contributed by atoms with Crippen LogP contribution in [0.5, 0.6) is 11.5 Å². The summed E-state index contributed by atoms with van der Waals surface area (Å²) in [5.74, 6) is 0.632. The Morgan fingerprint density at radius 2 is 1.96 bits per heavy atom. The zero-order valence-corrected chi connectivity index (χ0v) is 14.4. The molecule has 0 fully saturated rings. The maximum absolute atomic E-state index is 12.4. The number of anilines is 1. The number of para-hydroxylation sites is 1. The average molecular weight is 344 g/mol. The number of carbonyl (C=O) groups excluding carboxylic acids is 1. The number of thiocarbonyl (C=S) groups is 1. The molecule has 2 rings (SSSR count). The summed E-state index contributed by atoms with van der Waals surface area (Å²) in [6.07, 6.45) is 0. The second-order valence-corrected chi connectivity index (χ2v) is 6.07. The van der Waals surface area contributed by atoms with E-state index in [1.165, 1.54) is 6.07 Å². The number of nitrogens with one attached hydrogen (secondary N) is 2. The van der Waals surface area contributed by atoms with Gasteiger partial charge in [0, 0.05) is 11.8 Å². The van der Waals surface area contributed by atoms with E-state index in [9.17, 15) is 9.90 Å². The molecule has 1 amide bonds. The zero-order valence-electron chi connectivity index (χ0n) is 13.6. The molecular weight excluding hydrogens is 324 g/mol. The molecule has 0 aromatic heterocycles. The van der Waals surface area contributed by atoms with Crippen molar-refractivity contribution in [1.82, 2.24) is 5.32 Å². The lowest BCUT2D eigenvalue weighted by Crippen LogP contribution is -2.34. The van der Waals surface area contributed by atoms with Crippen LogP contribution in [0.3, 0.4) is 0 Å². The lowest BCUT2D eigenvalue weighted by Gasteiger charge is -2.14. The lowest BCUT2D eigenvalue weighted by molar-refractivity contribution is 0.0973. The van der Waals surface area contributed by atoms with Gasteiger partial charge >= 0.3 is 0 Å². The molecule has 0 radical (unpaired) electrons. The summed E-state index contributed by atoms with van der Waals surface area (Å²) in [5, 5.41) is 15.0. The molecule has 6 heteroatoms. The van der Waals surface area contributed by atoms with Crippen molar-refractivity contribution in [2.45, 2.75) is 13.8 Å². The van der Waals surface area contributed by atoms with Gasteiger partial charge in [0.15, 0.2) is 5.11 Å². The maximum Gasteiger partial charge on any atom is 0.261 e. The van der Waals surface area contributed by atoms with E-state index >= 15 is 0 Å². The molecule has 2 aromatic carbocycles. The molecule has 0 spiro atoms. The highest BCUT2D eigenvalue weighted by Gasteiger charge is 2.14. The standard InChI is InChI=1S/C18H20N2O3S/c1-12(2)11-23-16-9-4-3-8-15(16)17(22)20-18(24)19-13-6-5-7-14(21)10-13/h3-10,12,21H,11H2,1-2H3,(H2,19,20,22,24). The number of phenols is 1. The Morgan fingerprint density at radius 1 is 1.21 bits per heavy atom. The Hall–Kier alpha value is -2.60. The predicted octanol–water partition coefficient (Wildman–Crippen LogP) is 3.55. The van der Waals surface area contributed by atoms with Crippen LogP contribution >= 0.6 is 12.2 Å². The Balaban J connectivity index is 2.02. The topological polar surface area (TPSA) is 70.6 Å². The monoisotopic (exact) mass is 344 g/mol. The minimum atomic E-state index is -0.355. The molecule has 24 heavy (non-hydrogen) atoms. The van der Waals surface area contributed by atoms with Crippen molar-refractivity contribution in [2.75, 3.05) is 11.9 Å². The molecule has 126 valence electrons. The van der Waals surface area contributed by atoms with Crippen molar-refractivity contribution in [3.63, 3.8) is 0 Å². The van der Waals surface area contributed by atoms with E-state index in [1.807, 2.05) is 19.9 Å². The second-order valence-electron chi connectivity index (χ2n) is 5.66. The molecule has 0 bridgehead atoms. The summed E-state index contributed by atoms with van der Waals surface area (Å²) >= 11 is 5.14. The Morgan fingerprint density at radius 3 is 2.67 bits per heavy atom. The molecule has 0 heterocycles. The summed E-state index contributed by atoms with van der Waals surface area (Å²) in [7, 11) is 0. The molecule has 0 aliphatic rings. The van der Waals surface area contributed by atoms with Crippen molar-refractivity contribution in [3.8, 4) is 11.5 Å². The van der Waals surface area contributed by atoms with E-state index in [0.717, 1.165) is 0 Å². The van der Waals surface area contributed by atoms with Gasteiger partial charge in [-0.15, -0.1) is 0 Å². The Labute approximate surface area is 146 Å². The van der Waals surface area contributed by atoms with Gasteiger partial charge in [-0.05, 0) is 42.4 Å². The van der Waals surface area contributed by atoms with Gasteiger partial charge in [0.1, 0.15) is 11.5 Å². The highest BCUT2D eigenvalue weighted by Crippen LogP contribution is 2.19. The second kappa shape index (κ2) is 8.31. The van der Waals surface area contributed by atoms with E-state index in [0.29, 0.717) is 29.5 Å². The third kappa shape index (κ3) is 5.24. The van der Waals surface area contributed by atoms with Crippen LogP contribution in [0.1, 0.15) is 24.2 Å². The predicted molar refractivity (Wildman–Crippen MR) is 98.6 cm³/mol. The fourth-order valence-electron chi connectivity index (χ4n) is 1.95. The number of ether oxygens (including phenoxy) is 1. The maximum atomic E-state index is 12.4. The Kier molecular flexibility index (Phi) is 6.14. The van der Waals surface area contributed by atoms with Crippen LogP contribution in [0.2, 0.25) is 0 Å². The first kappa shape index (κ1) is 17.7. The van der Waals surface area contributed by atoms with Crippen LogP contribution in [-0.2, 0) is 0 Å². The van der Waals surface area contributed by atoms with E-state index in [1.54, 1.807) is 36.4 Å². The largest absolute Gasteiger partial charge is 0.508 e. The summed E-state index contributed by atoms with van der Waals surface area (Å²) in [6.45, 7) is 4.60. The summed E-state index contributed by atoms with van der Waals surface area (Å²) in [6, 6.07) is 13.5. The van der Waals surface area contributed by atoms with Gasteiger partial charge in [0.2, 0.25) is 0 Å². The number of rotatable bonds is 5. The molecule has 0 saturated heterocycles. The lowest BCUT2D eigenvalue weighted by atomic mass is 10.2. The van der Waals surface area contributed by atoms with E-state index in [2.05, 4.69) is 10.6 Å². The van der Waals surface area contributed by atoms with Gasteiger partial charge < -0.3 is 15.2 Å². The average Bonchev–Trinajstić information content (AvgIpc) is 2.53. The minimum absolute atomic E-state index is 0.113. The molecule has 5 nitrogen and oxygen atoms in total. The van der Waals surface area contributed by atoms with Crippen molar-refractivity contribution < 1.29 is 14.6 Å². The number of amides is 1. The first-order chi connectivity index (χ1) is 11.5. The van der Waals surface area contributed by atoms with Gasteiger partial charge in [0.05, 0.1) is 12.2 Å². The summed E-state index contributed by atoms with van der Waals surface area (Å²) < 4.78 is 5.68. The smallest absolute Gasteiger partial charge is 0.261 e. The number of hydrogen-bond donors (Lipinski definition) is 3. The molecule has 3 N–H and O–H groups in total. The number of benzene rings is 2. The molecule has 0 atom stereocenters. The van der Waals surface area contributed by atoms with Crippen LogP contribution in [-0.4, -0.2) is 22.7 Å². The molecule has 0 aliphatic heterocycles. The van der Waals surface area contributed by atoms with Crippen molar-refractivity contribution in [3.05, 3.63) is 54.1 Å². The van der Waals surface area contributed by atoms with Crippen molar-refractivity contribution in [1.29, 1.82) is 0 Å². The van der Waals surface area contributed by atoms with Crippen LogP contribution in [0, 0.1) is 5.92 Å². The van der Waals surface area contributed by atoms with Crippen LogP contribution in [0.15, 0.2) is 48.5 Å². The van der Waals surface area contributed by atoms with Crippen molar-refractivity contribution >= 4 is 28.9 Å². The first-order valence-corrected chi connectivity index (χ1v) is 7.99. The SMILES string of the molecule is CC(C)COc1ccccc1C(=O)NC(=S)Nc1cccc(O)c1. The van der Waals surface area contributed by atoms with Gasteiger partial charge in [-0.1, -0.05) is 32.0 Å². The molecule has 0 aliphatic carbocycles. The zero-order chi connectivity index (χ0) is 17.5. The third-order valence-corrected chi connectivity index (χ3v) is 3.24. The van der Waals surface area contributed by atoms with Gasteiger partial charge in [-0.3, -0.25) is 10.1 Å². The fraction of sp³-hybridized carbons (Fsp3) is 0.222. The molecular formula is C18H20N2O3S. The number of carbonyl (C=O) groups is 1. The van der Waals surface area contributed by atoms with Crippen molar-refractivity contribution in [2.24, 2.45) is 5.92 Å². The molecule has 0 saturated carbocycles. The van der Waals surface area contributed by atoms with Gasteiger partial charge in [0.25, 0.3) is 5.91 Å². The molecule has 2 aromatic rings. The van der Waals surface area contributed by atoms with Gasteiger partial charge in [-0.2, -0.15) is 0 Å². The normalized spacial score (nSPS) is 10.3. The number of phenolic OH excluding ortho intramolecular Hbond substituents is 1. The van der Waals surface area contributed by atoms with E-state index < -0.39 is 0 Å². The van der Waals surface area contributed by atoms with Crippen LogP contribution < -0.4 is 15.4 Å². The third-order valence-electron chi connectivity index (χ3n) is 3.03. The minimum Gasteiger partial charge on any atom is -0.508 e. The highest BCUT2D eigenvalue weighted by molar-refractivity contribution is 7.80. The first-order valence-electron chi connectivity index (χ1n) is 7.59. The van der Waals surface area contributed by atoms with E-state index in [-0.39, 0.29) is 16.8 Å².